The molecule has 1 amide bonds. The van der Waals surface area contributed by atoms with Gasteiger partial charge in [-0.3, -0.25) is 4.79 Å². The summed E-state index contributed by atoms with van der Waals surface area (Å²) in [5.41, 5.74) is 1.76. The number of aromatic nitrogens is 1. The fourth-order valence-corrected chi connectivity index (χ4v) is 3.76. The summed E-state index contributed by atoms with van der Waals surface area (Å²) >= 11 is 1.52. The monoisotopic (exact) mass is 334 g/mol. The molecule has 122 valence electrons. The van der Waals surface area contributed by atoms with Crippen molar-refractivity contribution in [3.8, 4) is 10.6 Å². The molecule has 0 saturated carbocycles. The van der Waals surface area contributed by atoms with Crippen LogP contribution < -0.4 is 5.32 Å². The molecule has 0 spiro atoms. The van der Waals surface area contributed by atoms with Crippen LogP contribution in [0.3, 0.4) is 0 Å². The average Bonchev–Trinajstić information content (AvgIpc) is 3.17. The highest BCUT2D eigenvalue weighted by atomic mass is 32.1. The Hall–Kier alpha value is -1.79. The molecule has 1 N–H and O–H groups in total. The summed E-state index contributed by atoms with van der Waals surface area (Å²) in [6, 6.07) is 6.15. The summed E-state index contributed by atoms with van der Waals surface area (Å²) in [7, 11) is 0. The van der Waals surface area contributed by atoms with E-state index in [4.69, 9.17) is 4.74 Å². The van der Waals surface area contributed by atoms with Crippen molar-refractivity contribution in [2.45, 2.75) is 38.8 Å². The molecular formula is C17H19FN2O2S. The van der Waals surface area contributed by atoms with Gasteiger partial charge >= 0.3 is 0 Å². The molecule has 1 aliphatic rings. The van der Waals surface area contributed by atoms with Crippen LogP contribution in [0.1, 0.15) is 36.4 Å². The van der Waals surface area contributed by atoms with E-state index in [1.807, 2.05) is 13.8 Å². The normalized spacial score (nSPS) is 18.8. The van der Waals surface area contributed by atoms with E-state index in [9.17, 15) is 9.18 Å². The molecule has 1 aromatic carbocycles. The molecule has 3 rings (SSSR count). The predicted octanol–water partition coefficient (Wildman–Crippen LogP) is 3.61. The Balaban J connectivity index is 1.74. The fraction of sp³-hybridized carbons (Fsp3) is 0.412. The zero-order chi connectivity index (χ0) is 16.4. The molecule has 1 saturated heterocycles. The van der Waals surface area contributed by atoms with E-state index in [1.54, 1.807) is 12.1 Å². The molecule has 23 heavy (non-hydrogen) atoms. The number of thiazole rings is 1. The number of hydrogen-bond donors (Lipinski definition) is 1. The molecular weight excluding hydrogens is 315 g/mol. The van der Waals surface area contributed by atoms with E-state index in [2.05, 4.69) is 10.3 Å². The van der Waals surface area contributed by atoms with Gasteiger partial charge in [0.05, 0.1) is 16.6 Å². The van der Waals surface area contributed by atoms with Gasteiger partial charge in [-0.2, -0.15) is 0 Å². The number of rotatable bonds is 4. The molecule has 0 radical (unpaired) electrons. The van der Waals surface area contributed by atoms with Crippen LogP contribution in [0.5, 0.6) is 0 Å². The third kappa shape index (κ3) is 3.59. The van der Waals surface area contributed by atoms with Gasteiger partial charge in [0, 0.05) is 12.2 Å². The minimum Gasteiger partial charge on any atom is -0.368 e. The molecule has 4 nitrogen and oxygen atoms in total. The third-order valence-electron chi connectivity index (χ3n) is 3.90. The summed E-state index contributed by atoms with van der Waals surface area (Å²) in [4.78, 5) is 17.7. The topological polar surface area (TPSA) is 51.2 Å². The highest BCUT2D eigenvalue weighted by Crippen LogP contribution is 2.32. The number of nitrogens with zero attached hydrogens (tertiary/aromatic N) is 1. The molecule has 0 unspecified atom stereocenters. The van der Waals surface area contributed by atoms with Crippen molar-refractivity contribution in [3.05, 3.63) is 40.7 Å². The second-order valence-electron chi connectivity index (χ2n) is 5.71. The van der Waals surface area contributed by atoms with Crippen molar-refractivity contribution < 1.29 is 13.9 Å². The maximum Gasteiger partial charge on any atom is 0.249 e. The Kier molecular flexibility index (Phi) is 4.73. The minimum atomic E-state index is -0.331. The molecule has 2 heterocycles. The molecule has 0 bridgehead atoms. The van der Waals surface area contributed by atoms with Crippen LogP contribution in [0.15, 0.2) is 24.3 Å². The predicted molar refractivity (Wildman–Crippen MR) is 87.8 cm³/mol. The minimum absolute atomic E-state index is 0.0638. The number of carbonyl (C=O) groups excluding carboxylic acids is 1. The first-order valence-electron chi connectivity index (χ1n) is 7.70. The molecule has 2 aromatic rings. The van der Waals surface area contributed by atoms with Gasteiger partial charge in [0.2, 0.25) is 5.91 Å². The number of ether oxygens (including phenoxy) is 1. The highest BCUT2D eigenvalue weighted by molar-refractivity contribution is 7.15. The lowest BCUT2D eigenvalue weighted by molar-refractivity contribution is -0.130. The van der Waals surface area contributed by atoms with Gasteiger partial charge in [-0.1, -0.05) is 0 Å². The van der Waals surface area contributed by atoms with Gasteiger partial charge in [0.25, 0.3) is 0 Å². The summed E-state index contributed by atoms with van der Waals surface area (Å²) in [6.45, 7) is 4.52. The largest absolute Gasteiger partial charge is 0.368 e. The van der Waals surface area contributed by atoms with Crippen LogP contribution in [0.4, 0.5) is 4.39 Å². The molecule has 2 atom stereocenters. The molecule has 1 aliphatic heterocycles. The Morgan fingerprint density at radius 3 is 2.83 bits per heavy atom. The SMILES string of the molecule is Cc1nc(-c2ccc(F)cc2)sc1[C@@H](C)NC(=O)[C@@H]1CCCO1. The summed E-state index contributed by atoms with van der Waals surface area (Å²) in [5, 5.41) is 3.83. The number of hydrogen-bond acceptors (Lipinski definition) is 4. The summed E-state index contributed by atoms with van der Waals surface area (Å²) in [6.07, 6.45) is 1.38. The fourth-order valence-electron chi connectivity index (χ4n) is 2.68. The van der Waals surface area contributed by atoms with Crippen molar-refractivity contribution in [1.29, 1.82) is 0 Å². The average molecular weight is 334 g/mol. The number of halogens is 1. The van der Waals surface area contributed by atoms with E-state index in [0.717, 1.165) is 34.0 Å². The lowest BCUT2D eigenvalue weighted by Crippen LogP contribution is -2.35. The standard InChI is InChI=1S/C17H19FN2O2S/c1-10(19-16(21)14-4-3-9-22-14)15-11(2)20-17(23-15)12-5-7-13(18)8-6-12/h5-8,10,14H,3-4,9H2,1-2H3,(H,19,21)/t10-,14+/m1/s1. The Morgan fingerprint density at radius 2 is 2.17 bits per heavy atom. The first kappa shape index (κ1) is 16.1. The zero-order valence-electron chi connectivity index (χ0n) is 13.1. The molecule has 0 aliphatic carbocycles. The maximum atomic E-state index is 13.0. The van der Waals surface area contributed by atoms with E-state index in [1.165, 1.54) is 23.5 Å². The van der Waals surface area contributed by atoms with E-state index < -0.39 is 0 Å². The summed E-state index contributed by atoms with van der Waals surface area (Å²) < 4.78 is 18.4. The maximum absolute atomic E-state index is 13.0. The van der Waals surface area contributed by atoms with Gasteiger partial charge in [0.1, 0.15) is 16.9 Å². The number of aryl methyl sites for hydroxylation is 1. The second-order valence-corrected chi connectivity index (χ2v) is 6.74. The quantitative estimate of drug-likeness (QED) is 0.929. The van der Waals surface area contributed by atoms with Gasteiger partial charge in [-0.25, -0.2) is 9.37 Å². The van der Waals surface area contributed by atoms with E-state index in [0.29, 0.717) is 6.61 Å². The van der Waals surface area contributed by atoms with E-state index in [-0.39, 0.29) is 23.9 Å². The zero-order valence-corrected chi connectivity index (χ0v) is 14.0. The number of nitrogens with one attached hydrogen (secondary N) is 1. The number of amides is 1. The number of benzene rings is 1. The van der Waals surface area contributed by atoms with Crippen LogP contribution in [0.25, 0.3) is 10.6 Å². The third-order valence-corrected chi connectivity index (χ3v) is 5.29. The van der Waals surface area contributed by atoms with Crippen molar-refractivity contribution in [2.24, 2.45) is 0 Å². The van der Waals surface area contributed by atoms with Gasteiger partial charge in [-0.05, 0) is 51.0 Å². The van der Waals surface area contributed by atoms with Crippen molar-refractivity contribution in [3.63, 3.8) is 0 Å². The van der Waals surface area contributed by atoms with Gasteiger partial charge in [0.15, 0.2) is 0 Å². The van der Waals surface area contributed by atoms with E-state index >= 15 is 0 Å². The van der Waals surface area contributed by atoms with Crippen molar-refractivity contribution in [1.82, 2.24) is 10.3 Å². The van der Waals surface area contributed by atoms with Crippen LogP contribution in [-0.2, 0) is 9.53 Å². The Morgan fingerprint density at radius 1 is 1.43 bits per heavy atom. The van der Waals surface area contributed by atoms with Crippen LogP contribution in [0.2, 0.25) is 0 Å². The lowest BCUT2D eigenvalue weighted by atomic mass is 10.2. The molecule has 6 heteroatoms. The van der Waals surface area contributed by atoms with Gasteiger partial charge < -0.3 is 10.1 Å². The second kappa shape index (κ2) is 6.76. The first-order valence-corrected chi connectivity index (χ1v) is 8.51. The Labute approximate surface area is 138 Å². The number of carbonyl (C=O) groups is 1. The van der Waals surface area contributed by atoms with Crippen molar-refractivity contribution in [2.75, 3.05) is 6.61 Å². The van der Waals surface area contributed by atoms with Crippen LogP contribution in [0, 0.1) is 12.7 Å². The summed E-state index contributed by atoms with van der Waals surface area (Å²) in [5.74, 6) is -0.328. The highest BCUT2D eigenvalue weighted by Gasteiger charge is 2.26. The van der Waals surface area contributed by atoms with Crippen molar-refractivity contribution >= 4 is 17.2 Å². The molecule has 1 fully saturated rings. The Bertz CT molecular complexity index is 693. The van der Waals surface area contributed by atoms with Crippen LogP contribution >= 0.6 is 11.3 Å². The molecule has 1 aromatic heterocycles. The van der Waals surface area contributed by atoms with Gasteiger partial charge in [-0.15, -0.1) is 11.3 Å². The van der Waals surface area contributed by atoms with Crippen LogP contribution in [-0.4, -0.2) is 23.6 Å². The first-order chi connectivity index (χ1) is 11.0. The lowest BCUT2D eigenvalue weighted by Gasteiger charge is -2.16. The smallest absolute Gasteiger partial charge is 0.249 e.